The Hall–Kier alpha value is -2.26. The van der Waals surface area contributed by atoms with Crippen molar-refractivity contribution < 1.29 is 10.2 Å². The molecule has 1 unspecified atom stereocenters. The number of rotatable bonds is 7. The molecule has 8 nitrogen and oxygen atoms in total. The highest BCUT2D eigenvalue weighted by molar-refractivity contribution is 5.63. The van der Waals surface area contributed by atoms with Gasteiger partial charge in [-0.05, 0) is 94.1 Å². The first-order valence-corrected chi connectivity index (χ1v) is 12.3. The van der Waals surface area contributed by atoms with Crippen LogP contribution in [-0.4, -0.2) is 45.4 Å². The Morgan fingerprint density at radius 1 is 1.09 bits per heavy atom. The van der Waals surface area contributed by atoms with Crippen LogP contribution >= 0.6 is 0 Å². The fourth-order valence-corrected chi connectivity index (χ4v) is 5.04. The standard InChI is InChI=1S/C25H38N6O2/c1-3-21-24(28-17-4-7-19(32)8-5-17)31-25(22(30-21)23(26)33)29-18-6-9-20(15(2)14-18)16-10-12-27-13-11-16/h6,9,14,16-17,19,23,27,32-33H,3-5,7-8,10-13,26H2,1-2H3,(H2,28,29,31). The first kappa shape index (κ1) is 23.9. The molecule has 0 radical (unpaired) electrons. The van der Waals surface area contributed by atoms with E-state index in [1.54, 1.807) is 0 Å². The van der Waals surface area contributed by atoms with Gasteiger partial charge in [0.2, 0.25) is 0 Å². The molecule has 1 aromatic carbocycles. The van der Waals surface area contributed by atoms with Crippen molar-refractivity contribution in [2.75, 3.05) is 23.7 Å². The molecule has 7 N–H and O–H groups in total. The van der Waals surface area contributed by atoms with E-state index >= 15 is 0 Å². The molecule has 2 heterocycles. The van der Waals surface area contributed by atoms with Crippen molar-refractivity contribution in [2.24, 2.45) is 5.73 Å². The lowest BCUT2D eigenvalue weighted by atomic mass is 9.87. The molecule has 0 spiro atoms. The number of nitrogens with one attached hydrogen (secondary N) is 3. The third-order valence-electron chi connectivity index (χ3n) is 6.96. The van der Waals surface area contributed by atoms with Crippen molar-refractivity contribution in [3.63, 3.8) is 0 Å². The van der Waals surface area contributed by atoms with Gasteiger partial charge < -0.3 is 31.9 Å². The molecule has 8 heteroatoms. The maximum absolute atomic E-state index is 10.2. The summed E-state index contributed by atoms with van der Waals surface area (Å²) in [6.07, 6.45) is 4.94. The number of hydrogen-bond acceptors (Lipinski definition) is 8. The molecule has 0 bridgehead atoms. The molecule has 1 saturated heterocycles. The molecule has 1 aromatic heterocycles. The van der Waals surface area contributed by atoms with Crippen LogP contribution in [0.2, 0.25) is 0 Å². The number of piperidine rings is 1. The smallest absolute Gasteiger partial charge is 0.158 e. The molecule has 2 aromatic rings. The average Bonchev–Trinajstić information content (AvgIpc) is 2.81. The predicted octanol–water partition coefficient (Wildman–Crippen LogP) is 3.22. The summed E-state index contributed by atoms with van der Waals surface area (Å²) in [5.74, 6) is 1.78. The van der Waals surface area contributed by atoms with E-state index in [1.807, 2.05) is 6.92 Å². The Morgan fingerprint density at radius 3 is 2.45 bits per heavy atom. The summed E-state index contributed by atoms with van der Waals surface area (Å²) < 4.78 is 0. The molecule has 1 aliphatic heterocycles. The Labute approximate surface area is 196 Å². The van der Waals surface area contributed by atoms with Crippen LogP contribution in [0.1, 0.15) is 80.1 Å². The zero-order valence-corrected chi connectivity index (χ0v) is 19.8. The minimum Gasteiger partial charge on any atom is -0.393 e. The largest absolute Gasteiger partial charge is 0.393 e. The second kappa shape index (κ2) is 10.8. The molecule has 33 heavy (non-hydrogen) atoms. The summed E-state index contributed by atoms with van der Waals surface area (Å²) in [6.45, 7) is 6.30. The monoisotopic (exact) mass is 454 g/mol. The Bertz CT molecular complexity index is 937. The van der Waals surface area contributed by atoms with Gasteiger partial charge in [-0.15, -0.1) is 0 Å². The van der Waals surface area contributed by atoms with Crippen LogP contribution in [0.15, 0.2) is 18.2 Å². The number of aliphatic hydroxyl groups is 2. The summed E-state index contributed by atoms with van der Waals surface area (Å²) >= 11 is 0. The minimum atomic E-state index is -1.22. The predicted molar refractivity (Wildman–Crippen MR) is 132 cm³/mol. The number of nitrogens with two attached hydrogens (primary N) is 1. The molecule has 0 amide bonds. The number of aliphatic hydroxyl groups excluding tert-OH is 2. The molecule has 2 aliphatic rings. The van der Waals surface area contributed by atoms with Gasteiger partial charge in [-0.2, -0.15) is 0 Å². The molecular weight excluding hydrogens is 416 g/mol. The summed E-state index contributed by atoms with van der Waals surface area (Å²) in [7, 11) is 0. The number of hydrogen-bond donors (Lipinski definition) is 6. The lowest BCUT2D eigenvalue weighted by Crippen LogP contribution is -2.29. The minimum absolute atomic E-state index is 0.206. The van der Waals surface area contributed by atoms with Gasteiger partial charge in [0.25, 0.3) is 0 Å². The van der Waals surface area contributed by atoms with Crippen molar-refractivity contribution in [2.45, 2.75) is 83.1 Å². The van der Waals surface area contributed by atoms with E-state index in [0.717, 1.165) is 63.0 Å². The van der Waals surface area contributed by atoms with E-state index < -0.39 is 6.23 Å². The number of nitrogens with zero attached hydrogens (tertiary/aromatic N) is 2. The Kier molecular flexibility index (Phi) is 7.80. The van der Waals surface area contributed by atoms with E-state index in [-0.39, 0.29) is 12.1 Å². The molecule has 2 fully saturated rings. The highest BCUT2D eigenvalue weighted by atomic mass is 16.3. The summed E-state index contributed by atoms with van der Waals surface area (Å²) in [5.41, 5.74) is 10.5. The van der Waals surface area contributed by atoms with E-state index in [0.29, 0.717) is 29.7 Å². The highest BCUT2D eigenvalue weighted by Crippen LogP contribution is 2.32. The maximum atomic E-state index is 10.2. The van der Waals surface area contributed by atoms with E-state index in [9.17, 15) is 10.2 Å². The number of aromatic nitrogens is 2. The third-order valence-corrected chi connectivity index (χ3v) is 6.96. The Morgan fingerprint density at radius 2 is 1.82 bits per heavy atom. The van der Waals surface area contributed by atoms with Crippen molar-refractivity contribution in [1.82, 2.24) is 15.3 Å². The summed E-state index contributed by atoms with van der Waals surface area (Å²) in [4.78, 5) is 9.48. The van der Waals surface area contributed by atoms with Gasteiger partial charge in [0, 0.05) is 11.7 Å². The summed E-state index contributed by atoms with van der Waals surface area (Å²) in [6, 6.07) is 6.66. The number of aryl methyl sites for hydroxylation is 2. The summed E-state index contributed by atoms with van der Waals surface area (Å²) in [5, 5.41) is 30.3. The van der Waals surface area contributed by atoms with Crippen molar-refractivity contribution in [3.05, 3.63) is 40.7 Å². The van der Waals surface area contributed by atoms with Gasteiger partial charge >= 0.3 is 0 Å². The molecule has 1 atom stereocenters. The van der Waals surface area contributed by atoms with Crippen molar-refractivity contribution in [1.29, 1.82) is 0 Å². The van der Waals surface area contributed by atoms with Crippen LogP contribution in [0.5, 0.6) is 0 Å². The first-order valence-electron chi connectivity index (χ1n) is 12.3. The third kappa shape index (κ3) is 5.81. The van der Waals surface area contributed by atoms with E-state index in [1.165, 1.54) is 11.1 Å². The van der Waals surface area contributed by atoms with Gasteiger partial charge in [-0.1, -0.05) is 13.0 Å². The Balaban J connectivity index is 1.58. The zero-order chi connectivity index (χ0) is 23.4. The average molecular weight is 455 g/mol. The topological polar surface area (TPSA) is 128 Å². The van der Waals surface area contributed by atoms with Gasteiger partial charge in [0.15, 0.2) is 5.82 Å². The maximum Gasteiger partial charge on any atom is 0.158 e. The quantitative estimate of drug-likeness (QED) is 0.352. The number of anilines is 3. The number of benzene rings is 1. The first-order chi connectivity index (χ1) is 15.9. The van der Waals surface area contributed by atoms with Gasteiger partial charge in [-0.25, -0.2) is 9.97 Å². The van der Waals surface area contributed by atoms with Gasteiger partial charge in [-0.3, -0.25) is 0 Å². The second-order valence-corrected chi connectivity index (χ2v) is 9.42. The van der Waals surface area contributed by atoms with E-state index in [2.05, 4.69) is 46.1 Å². The van der Waals surface area contributed by atoms with E-state index in [4.69, 9.17) is 10.7 Å². The molecule has 180 valence electrons. The van der Waals surface area contributed by atoms with Crippen LogP contribution in [0, 0.1) is 6.92 Å². The fourth-order valence-electron chi connectivity index (χ4n) is 5.04. The zero-order valence-electron chi connectivity index (χ0n) is 19.8. The molecule has 4 rings (SSSR count). The van der Waals surface area contributed by atoms with Gasteiger partial charge in [0.1, 0.15) is 17.7 Å². The van der Waals surface area contributed by atoms with Crippen LogP contribution in [0.4, 0.5) is 17.3 Å². The fraction of sp³-hybridized carbons (Fsp3) is 0.600. The van der Waals surface area contributed by atoms with Crippen LogP contribution in [0.3, 0.4) is 0 Å². The lowest BCUT2D eigenvalue weighted by Gasteiger charge is -2.28. The van der Waals surface area contributed by atoms with Crippen LogP contribution < -0.4 is 21.7 Å². The molecule has 1 aliphatic carbocycles. The van der Waals surface area contributed by atoms with Gasteiger partial charge in [0.05, 0.1) is 11.8 Å². The van der Waals surface area contributed by atoms with Crippen molar-refractivity contribution >= 4 is 17.3 Å². The molecular formula is C25H38N6O2. The molecule has 1 saturated carbocycles. The second-order valence-electron chi connectivity index (χ2n) is 9.42. The van der Waals surface area contributed by atoms with Crippen LogP contribution in [0.25, 0.3) is 0 Å². The van der Waals surface area contributed by atoms with Crippen molar-refractivity contribution in [3.8, 4) is 0 Å². The highest BCUT2D eigenvalue weighted by Gasteiger charge is 2.23. The normalized spacial score (nSPS) is 22.7. The lowest BCUT2D eigenvalue weighted by molar-refractivity contribution is 0.126. The SMILES string of the molecule is CCc1nc(C(N)O)c(Nc2ccc(C3CCNCC3)c(C)c2)nc1NC1CCC(O)CC1. The van der Waals surface area contributed by atoms with Crippen LogP contribution in [-0.2, 0) is 6.42 Å².